The molecule has 4 heteroatoms. The molecule has 1 heterocycles. The van der Waals surface area contributed by atoms with Gasteiger partial charge in [0.25, 0.3) is 0 Å². The van der Waals surface area contributed by atoms with Crippen LogP contribution in [0.15, 0.2) is 24.3 Å². The van der Waals surface area contributed by atoms with Gasteiger partial charge in [-0.2, -0.15) is 0 Å². The van der Waals surface area contributed by atoms with Crippen molar-refractivity contribution in [1.29, 1.82) is 0 Å². The number of hydrogen-bond donors (Lipinski definition) is 1. The molecule has 0 saturated heterocycles. The Morgan fingerprint density at radius 3 is 2.29 bits per heavy atom. The summed E-state index contributed by atoms with van der Waals surface area (Å²) in [5.41, 5.74) is 9.17. The minimum atomic E-state index is 0. The zero-order valence-electron chi connectivity index (χ0n) is 7.90. The van der Waals surface area contributed by atoms with Crippen molar-refractivity contribution in [3.05, 3.63) is 35.7 Å². The Labute approximate surface area is 88.8 Å². The second-order valence-corrected chi connectivity index (χ2v) is 2.95. The lowest BCUT2D eigenvalue weighted by Crippen LogP contribution is -2.04. The molecule has 0 bridgehead atoms. The molecule has 1 aromatic heterocycles. The first-order valence-corrected chi connectivity index (χ1v) is 4.23. The van der Waals surface area contributed by atoms with Crippen LogP contribution in [0.1, 0.15) is 11.4 Å². The molecule has 0 aliphatic heterocycles. The lowest BCUT2D eigenvalue weighted by Gasteiger charge is -2.02. The van der Waals surface area contributed by atoms with Crippen molar-refractivity contribution in [2.45, 2.75) is 13.5 Å². The van der Waals surface area contributed by atoms with Gasteiger partial charge in [-0.15, -0.1) is 12.4 Å². The molecular weight excluding hydrogens is 198 g/mol. The summed E-state index contributed by atoms with van der Waals surface area (Å²) in [5, 5.41) is 0. The predicted octanol–water partition coefficient (Wildman–Crippen LogP) is 1.82. The van der Waals surface area contributed by atoms with Gasteiger partial charge in [0.15, 0.2) is 0 Å². The largest absolute Gasteiger partial charge is 0.325 e. The van der Waals surface area contributed by atoms with E-state index in [1.165, 1.54) is 0 Å². The SMILES string of the molecule is Cc1nc2ccccc2nc1CN.Cl. The molecule has 2 N–H and O–H groups in total. The maximum Gasteiger partial charge on any atom is 0.0890 e. The Balaban J connectivity index is 0.000000980. The van der Waals surface area contributed by atoms with Crippen LogP contribution in [0.2, 0.25) is 0 Å². The van der Waals surface area contributed by atoms with Gasteiger partial charge in [-0.05, 0) is 19.1 Å². The average Bonchev–Trinajstić information content (AvgIpc) is 2.17. The number of aryl methyl sites for hydroxylation is 1. The lowest BCUT2D eigenvalue weighted by molar-refractivity contribution is 0.955. The Kier molecular flexibility index (Phi) is 3.38. The van der Waals surface area contributed by atoms with Crippen molar-refractivity contribution < 1.29 is 0 Å². The van der Waals surface area contributed by atoms with Crippen LogP contribution in [0.5, 0.6) is 0 Å². The second kappa shape index (κ2) is 4.35. The standard InChI is InChI=1S/C10H11N3.ClH/c1-7-10(6-11)13-9-5-3-2-4-8(9)12-7;/h2-5H,6,11H2,1H3;1H. The topological polar surface area (TPSA) is 51.8 Å². The molecule has 0 aliphatic rings. The van der Waals surface area contributed by atoms with E-state index < -0.39 is 0 Å². The summed E-state index contributed by atoms with van der Waals surface area (Å²) in [5.74, 6) is 0. The smallest absolute Gasteiger partial charge is 0.0890 e. The molecule has 14 heavy (non-hydrogen) atoms. The van der Waals surface area contributed by atoms with Crippen LogP contribution in [0.4, 0.5) is 0 Å². The molecule has 2 aromatic rings. The number of aromatic nitrogens is 2. The summed E-state index contributed by atoms with van der Waals surface area (Å²) in [7, 11) is 0. The van der Waals surface area contributed by atoms with Crippen LogP contribution in [0.25, 0.3) is 11.0 Å². The fourth-order valence-corrected chi connectivity index (χ4v) is 1.32. The summed E-state index contributed by atoms with van der Waals surface area (Å²) >= 11 is 0. The van der Waals surface area contributed by atoms with Crippen LogP contribution < -0.4 is 5.73 Å². The predicted molar refractivity (Wildman–Crippen MR) is 59.4 cm³/mol. The van der Waals surface area contributed by atoms with Crippen molar-refractivity contribution in [3.8, 4) is 0 Å². The molecule has 0 fully saturated rings. The summed E-state index contributed by atoms with van der Waals surface area (Å²) in [4.78, 5) is 8.81. The zero-order chi connectivity index (χ0) is 9.26. The van der Waals surface area contributed by atoms with Crippen LogP contribution in [0.3, 0.4) is 0 Å². The number of para-hydroxylation sites is 2. The van der Waals surface area contributed by atoms with E-state index >= 15 is 0 Å². The van der Waals surface area contributed by atoms with E-state index in [0.717, 1.165) is 22.4 Å². The highest BCUT2D eigenvalue weighted by Crippen LogP contribution is 2.11. The molecule has 0 radical (unpaired) electrons. The molecule has 0 atom stereocenters. The van der Waals surface area contributed by atoms with Crippen molar-refractivity contribution in [1.82, 2.24) is 9.97 Å². The van der Waals surface area contributed by atoms with Gasteiger partial charge in [0.2, 0.25) is 0 Å². The number of nitrogens with two attached hydrogens (primary N) is 1. The van der Waals surface area contributed by atoms with Crippen LogP contribution >= 0.6 is 12.4 Å². The number of fused-ring (bicyclic) bond motifs is 1. The molecule has 1 aromatic carbocycles. The summed E-state index contributed by atoms with van der Waals surface area (Å²) < 4.78 is 0. The molecule has 0 aliphatic carbocycles. The molecule has 0 spiro atoms. The van der Waals surface area contributed by atoms with E-state index in [1.54, 1.807) is 0 Å². The highest BCUT2D eigenvalue weighted by Gasteiger charge is 2.01. The minimum absolute atomic E-state index is 0. The van der Waals surface area contributed by atoms with Gasteiger partial charge in [-0.25, -0.2) is 9.97 Å². The highest BCUT2D eigenvalue weighted by atomic mass is 35.5. The summed E-state index contributed by atoms with van der Waals surface area (Å²) in [6.07, 6.45) is 0. The Hall–Kier alpha value is -1.19. The van der Waals surface area contributed by atoms with Crippen molar-refractivity contribution in [2.24, 2.45) is 5.73 Å². The number of rotatable bonds is 1. The molecule has 0 saturated carbocycles. The summed E-state index contributed by atoms with van der Waals surface area (Å²) in [6, 6.07) is 7.81. The number of halogens is 1. The first kappa shape index (κ1) is 10.9. The van der Waals surface area contributed by atoms with E-state index in [1.807, 2.05) is 31.2 Å². The molecule has 0 unspecified atom stereocenters. The van der Waals surface area contributed by atoms with Gasteiger partial charge in [-0.3, -0.25) is 0 Å². The van der Waals surface area contributed by atoms with Crippen molar-refractivity contribution in [3.63, 3.8) is 0 Å². The molecular formula is C10H12ClN3. The van der Waals surface area contributed by atoms with Gasteiger partial charge in [0.05, 0.1) is 22.4 Å². The molecule has 3 nitrogen and oxygen atoms in total. The van der Waals surface area contributed by atoms with Crippen LogP contribution in [-0.2, 0) is 6.54 Å². The fourth-order valence-electron chi connectivity index (χ4n) is 1.32. The zero-order valence-corrected chi connectivity index (χ0v) is 8.71. The van der Waals surface area contributed by atoms with Crippen molar-refractivity contribution in [2.75, 3.05) is 0 Å². The van der Waals surface area contributed by atoms with E-state index in [4.69, 9.17) is 5.73 Å². The van der Waals surface area contributed by atoms with Crippen LogP contribution in [-0.4, -0.2) is 9.97 Å². The third-order valence-corrected chi connectivity index (χ3v) is 2.04. The minimum Gasteiger partial charge on any atom is -0.325 e. The van der Waals surface area contributed by atoms with Gasteiger partial charge >= 0.3 is 0 Å². The molecule has 74 valence electrons. The van der Waals surface area contributed by atoms with Crippen LogP contribution in [0, 0.1) is 6.92 Å². The van der Waals surface area contributed by atoms with Gasteiger partial charge in [0.1, 0.15) is 0 Å². The Morgan fingerprint density at radius 1 is 1.14 bits per heavy atom. The lowest BCUT2D eigenvalue weighted by atomic mass is 10.2. The quantitative estimate of drug-likeness (QED) is 0.780. The maximum absolute atomic E-state index is 5.54. The Morgan fingerprint density at radius 2 is 1.71 bits per heavy atom. The first-order chi connectivity index (χ1) is 6.31. The first-order valence-electron chi connectivity index (χ1n) is 4.23. The normalized spacial score (nSPS) is 9.86. The fraction of sp³-hybridized carbons (Fsp3) is 0.200. The number of hydrogen-bond acceptors (Lipinski definition) is 3. The monoisotopic (exact) mass is 209 g/mol. The number of nitrogens with zero attached hydrogens (tertiary/aromatic N) is 2. The second-order valence-electron chi connectivity index (χ2n) is 2.95. The summed E-state index contributed by atoms with van der Waals surface area (Å²) in [6.45, 7) is 2.38. The van der Waals surface area contributed by atoms with Gasteiger partial charge in [0, 0.05) is 6.54 Å². The number of benzene rings is 1. The van der Waals surface area contributed by atoms with Gasteiger partial charge in [-0.1, -0.05) is 12.1 Å². The average molecular weight is 210 g/mol. The van der Waals surface area contributed by atoms with E-state index in [-0.39, 0.29) is 12.4 Å². The Bertz CT molecular complexity index is 442. The maximum atomic E-state index is 5.54. The van der Waals surface area contributed by atoms with Gasteiger partial charge < -0.3 is 5.73 Å². The third kappa shape index (κ3) is 1.84. The molecule has 0 amide bonds. The van der Waals surface area contributed by atoms with E-state index in [0.29, 0.717) is 6.54 Å². The highest BCUT2D eigenvalue weighted by molar-refractivity contribution is 5.85. The van der Waals surface area contributed by atoms with E-state index in [9.17, 15) is 0 Å². The molecule has 2 rings (SSSR count). The third-order valence-electron chi connectivity index (χ3n) is 2.04. The van der Waals surface area contributed by atoms with Crippen molar-refractivity contribution >= 4 is 23.4 Å². The van der Waals surface area contributed by atoms with E-state index in [2.05, 4.69) is 9.97 Å².